The van der Waals surface area contributed by atoms with Crippen molar-refractivity contribution >= 4 is 0 Å². The number of aliphatic hydroxyl groups is 1. The van der Waals surface area contributed by atoms with Gasteiger partial charge >= 0.3 is 0 Å². The third kappa shape index (κ3) is 2.67. The van der Waals surface area contributed by atoms with Crippen molar-refractivity contribution in [3.63, 3.8) is 0 Å². The number of allylic oxidation sites excluding steroid dienone is 1. The van der Waals surface area contributed by atoms with Crippen LogP contribution in [0.5, 0.6) is 0 Å². The Morgan fingerprint density at radius 3 is 2.77 bits per heavy atom. The van der Waals surface area contributed by atoms with Crippen molar-refractivity contribution in [3.05, 3.63) is 36.3 Å². The van der Waals surface area contributed by atoms with Gasteiger partial charge in [0.2, 0.25) is 0 Å². The molecule has 0 spiro atoms. The Kier molecular flexibility index (Phi) is 4.01. The summed E-state index contributed by atoms with van der Waals surface area (Å²) in [6, 6.07) is 2.06. The van der Waals surface area contributed by atoms with Crippen LogP contribution < -0.4 is 0 Å². The first-order chi connectivity index (χ1) is 10.3. The van der Waals surface area contributed by atoms with Crippen LogP contribution in [-0.4, -0.2) is 11.2 Å². The van der Waals surface area contributed by atoms with Crippen LogP contribution >= 0.6 is 0 Å². The molecule has 122 valence electrons. The Hall–Kier alpha value is -1.02. The van der Waals surface area contributed by atoms with E-state index in [4.69, 9.17) is 4.42 Å². The molecule has 0 saturated heterocycles. The fourth-order valence-corrected chi connectivity index (χ4v) is 5.72. The summed E-state index contributed by atoms with van der Waals surface area (Å²) in [5.74, 6) is 1.19. The van der Waals surface area contributed by atoms with E-state index in [1.807, 2.05) is 6.26 Å². The lowest BCUT2D eigenvalue weighted by molar-refractivity contribution is -0.105. The molecule has 22 heavy (non-hydrogen) atoms. The van der Waals surface area contributed by atoms with Gasteiger partial charge in [0.1, 0.15) is 0 Å². The van der Waals surface area contributed by atoms with E-state index in [0.717, 1.165) is 32.1 Å². The molecule has 0 aromatic carbocycles. The molecule has 0 radical (unpaired) electrons. The van der Waals surface area contributed by atoms with Gasteiger partial charge in [-0.1, -0.05) is 32.9 Å². The van der Waals surface area contributed by atoms with E-state index >= 15 is 0 Å². The second-order valence-electron chi connectivity index (χ2n) is 8.53. The summed E-state index contributed by atoms with van der Waals surface area (Å²) in [7, 11) is 0. The number of aliphatic hydroxyl groups excluding tert-OH is 1. The van der Waals surface area contributed by atoms with Crippen molar-refractivity contribution in [1.82, 2.24) is 0 Å². The normalized spacial score (nSPS) is 37.8. The first-order valence-electron chi connectivity index (χ1n) is 8.70. The molecule has 2 saturated carbocycles. The van der Waals surface area contributed by atoms with E-state index in [9.17, 15) is 5.11 Å². The van der Waals surface area contributed by atoms with Crippen molar-refractivity contribution < 1.29 is 9.52 Å². The summed E-state index contributed by atoms with van der Waals surface area (Å²) in [4.78, 5) is 0. The van der Waals surface area contributed by atoms with Gasteiger partial charge in [0, 0.05) is 0 Å². The zero-order valence-corrected chi connectivity index (χ0v) is 14.3. The molecule has 3 rings (SSSR count). The average Bonchev–Trinajstić information content (AvgIpc) is 2.88. The molecular formula is C20H30O2. The van der Waals surface area contributed by atoms with E-state index in [0.29, 0.717) is 11.8 Å². The van der Waals surface area contributed by atoms with Crippen LogP contribution in [0.2, 0.25) is 0 Å². The molecule has 4 unspecified atom stereocenters. The highest BCUT2D eigenvalue weighted by Gasteiger charge is 2.54. The largest absolute Gasteiger partial charge is 0.472 e. The van der Waals surface area contributed by atoms with Crippen LogP contribution in [0.25, 0.3) is 0 Å². The zero-order valence-electron chi connectivity index (χ0n) is 14.3. The standard InChI is InChI=1S/C20H30O2/c1-14-5-8-18-19(2,3)11-16(21)12-20(18,4)17(14)7-6-15-9-10-22-13-15/h9-10,13,16-18,21H,1,5-8,11-12H2,2-4H3. The van der Waals surface area contributed by atoms with Gasteiger partial charge in [-0.2, -0.15) is 0 Å². The fourth-order valence-electron chi connectivity index (χ4n) is 5.72. The van der Waals surface area contributed by atoms with E-state index < -0.39 is 0 Å². The summed E-state index contributed by atoms with van der Waals surface area (Å²) in [5.41, 5.74) is 3.07. The SMILES string of the molecule is C=C1CCC2C(C)(C)CC(O)CC2(C)C1CCc1ccoc1. The molecule has 1 heterocycles. The number of hydrogen-bond acceptors (Lipinski definition) is 2. The second kappa shape index (κ2) is 5.56. The molecule has 2 nitrogen and oxygen atoms in total. The van der Waals surface area contributed by atoms with Gasteiger partial charge in [0.05, 0.1) is 18.6 Å². The van der Waals surface area contributed by atoms with Gasteiger partial charge in [0.25, 0.3) is 0 Å². The van der Waals surface area contributed by atoms with Crippen LogP contribution in [0.15, 0.2) is 35.2 Å². The number of rotatable bonds is 3. The lowest BCUT2D eigenvalue weighted by Crippen LogP contribution is -2.53. The van der Waals surface area contributed by atoms with Crippen molar-refractivity contribution in [2.24, 2.45) is 22.7 Å². The van der Waals surface area contributed by atoms with Crippen LogP contribution in [0, 0.1) is 22.7 Å². The Labute approximate surface area is 134 Å². The quantitative estimate of drug-likeness (QED) is 0.799. The molecule has 1 aromatic rings. The number of hydrogen-bond donors (Lipinski definition) is 1. The molecule has 0 bridgehead atoms. The first kappa shape index (κ1) is 15.9. The molecule has 2 aliphatic rings. The molecule has 2 heteroatoms. The molecular weight excluding hydrogens is 272 g/mol. The minimum atomic E-state index is -0.168. The highest BCUT2D eigenvalue weighted by Crippen LogP contribution is 2.61. The van der Waals surface area contributed by atoms with Gasteiger partial charge in [0.15, 0.2) is 0 Å². The van der Waals surface area contributed by atoms with Crippen LogP contribution in [-0.2, 0) is 6.42 Å². The lowest BCUT2D eigenvalue weighted by atomic mass is 9.46. The minimum absolute atomic E-state index is 0.168. The number of furan rings is 1. The maximum atomic E-state index is 10.5. The average molecular weight is 302 g/mol. The zero-order chi connectivity index (χ0) is 16.0. The Bertz CT molecular complexity index is 528. The van der Waals surface area contributed by atoms with Gasteiger partial charge < -0.3 is 9.52 Å². The maximum absolute atomic E-state index is 10.5. The molecule has 4 atom stereocenters. The molecule has 2 aliphatic carbocycles. The molecule has 1 aromatic heterocycles. The van der Waals surface area contributed by atoms with Crippen LogP contribution in [0.3, 0.4) is 0 Å². The Morgan fingerprint density at radius 1 is 1.32 bits per heavy atom. The van der Waals surface area contributed by atoms with Crippen molar-refractivity contribution in [2.75, 3.05) is 0 Å². The molecule has 0 aliphatic heterocycles. The maximum Gasteiger partial charge on any atom is 0.0934 e. The summed E-state index contributed by atoms with van der Waals surface area (Å²) in [6.45, 7) is 11.5. The predicted octanol–water partition coefficient (Wildman–Crippen LogP) is 4.98. The first-order valence-corrected chi connectivity index (χ1v) is 8.70. The molecule has 0 amide bonds. The van der Waals surface area contributed by atoms with Crippen LogP contribution in [0.4, 0.5) is 0 Å². The highest BCUT2D eigenvalue weighted by molar-refractivity contribution is 5.18. The minimum Gasteiger partial charge on any atom is -0.472 e. The predicted molar refractivity (Wildman–Crippen MR) is 89.5 cm³/mol. The summed E-state index contributed by atoms with van der Waals surface area (Å²) < 4.78 is 5.20. The van der Waals surface area contributed by atoms with Crippen molar-refractivity contribution in [2.45, 2.75) is 65.4 Å². The monoisotopic (exact) mass is 302 g/mol. The second-order valence-corrected chi connectivity index (χ2v) is 8.53. The van der Waals surface area contributed by atoms with Gasteiger partial charge in [-0.05, 0) is 72.8 Å². The topological polar surface area (TPSA) is 33.4 Å². The third-order valence-electron chi connectivity index (χ3n) is 6.52. The van der Waals surface area contributed by atoms with Crippen molar-refractivity contribution in [3.8, 4) is 0 Å². The number of aryl methyl sites for hydroxylation is 1. The van der Waals surface area contributed by atoms with Gasteiger partial charge in [-0.3, -0.25) is 0 Å². The molecule has 1 N–H and O–H groups in total. The van der Waals surface area contributed by atoms with E-state index in [1.165, 1.54) is 17.6 Å². The van der Waals surface area contributed by atoms with E-state index in [1.54, 1.807) is 6.26 Å². The lowest BCUT2D eigenvalue weighted by Gasteiger charge is -2.59. The van der Waals surface area contributed by atoms with Crippen LogP contribution in [0.1, 0.15) is 58.4 Å². The Balaban J connectivity index is 1.84. The van der Waals surface area contributed by atoms with Gasteiger partial charge in [-0.15, -0.1) is 0 Å². The highest BCUT2D eigenvalue weighted by atomic mass is 16.3. The van der Waals surface area contributed by atoms with Gasteiger partial charge in [-0.25, -0.2) is 0 Å². The third-order valence-corrected chi connectivity index (χ3v) is 6.52. The molecule has 2 fully saturated rings. The Morgan fingerprint density at radius 2 is 2.09 bits per heavy atom. The van der Waals surface area contributed by atoms with E-state index in [2.05, 4.69) is 33.4 Å². The summed E-state index contributed by atoms with van der Waals surface area (Å²) in [6.07, 6.45) is 9.84. The summed E-state index contributed by atoms with van der Waals surface area (Å²) >= 11 is 0. The number of fused-ring (bicyclic) bond motifs is 1. The summed E-state index contributed by atoms with van der Waals surface area (Å²) in [5, 5.41) is 10.5. The fraction of sp³-hybridized carbons (Fsp3) is 0.700. The van der Waals surface area contributed by atoms with E-state index in [-0.39, 0.29) is 16.9 Å². The van der Waals surface area contributed by atoms with Crippen molar-refractivity contribution in [1.29, 1.82) is 0 Å². The smallest absolute Gasteiger partial charge is 0.0934 e.